The van der Waals surface area contributed by atoms with Gasteiger partial charge in [-0.05, 0) is 55.5 Å². The first kappa shape index (κ1) is 18.7. The monoisotopic (exact) mass is 406 g/mol. The van der Waals surface area contributed by atoms with E-state index in [1.807, 2.05) is 19.1 Å². The van der Waals surface area contributed by atoms with E-state index in [2.05, 4.69) is 0 Å². The first-order valence-electron chi connectivity index (χ1n) is 10.0. The second-order valence-corrected chi connectivity index (χ2v) is 7.85. The number of rotatable bonds is 3. The van der Waals surface area contributed by atoms with Crippen molar-refractivity contribution in [3.8, 4) is 17.2 Å². The number of carbonyl (C=O) groups is 1. The molecule has 0 amide bonds. The van der Waals surface area contributed by atoms with Crippen LogP contribution in [0.1, 0.15) is 51.6 Å². The fourth-order valence-electron chi connectivity index (χ4n) is 4.65. The van der Waals surface area contributed by atoms with Gasteiger partial charge in [0, 0.05) is 17.2 Å². The molecule has 0 fully saturated rings. The lowest BCUT2D eigenvalue weighted by molar-refractivity contribution is 0.0851. The number of methoxy groups -OCH3 is 2. The molecule has 0 saturated carbocycles. The second-order valence-electron chi connectivity index (χ2n) is 7.85. The number of benzene rings is 2. The molecule has 1 atom stereocenters. The number of ketones is 1. The van der Waals surface area contributed by atoms with Crippen LogP contribution in [0, 0.1) is 6.92 Å². The molecule has 3 aromatic rings. The minimum atomic E-state index is -0.483. The van der Waals surface area contributed by atoms with Crippen LogP contribution >= 0.6 is 0 Å². The van der Waals surface area contributed by atoms with Crippen molar-refractivity contribution in [2.45, 2.75) is 38.7 Å². The summed E-state index contributed by atoms with van der Waals surface area (Å²) in [7, 11) is 3.17. The molecule has 6 heteroatoms. The van der Waals surface area contributed by atoms with Gasteiger partial charge in [0.05, 0.1) is 31.6 Å². The van der Waals surface area contributed by atoms with Crippen LogP contribution in [0.3, 0.4) is 0 Å². The van der Waals surface area contributed by atoms with Gasteiger partial charge in [0.15, 0.2) is 5.78 Å². The van der Waals surface area contributed by atoms with Gasteiger partial charge < -0.3 is 18.6 Å². The molecule has 5 rings (SSSR count). The molecule has 1 aliphatic carbocycles. The Hall–Kier alpha value is -3.28. The van der Waals surface area contributed by atoms with E-state index in [0.717, 1.165) is 34.9 Å². The molecule has 2 heterocycles. The smallest absolute Gasteiger partial charge is 0.339 e. The Morgan fingerprint density at radius 1 is 0.967 bits per heavy atom. The third-order valence-corrected chi connectivity index (χ3v) is 6.07. The highest BCUT2D eigenvalue weighted by Crippen LogP contribution is 2.45. The van der Waals surface area contributed by atoms with Crippen molar-refractivity contribution in [2.24, 2.45) is 0 Å². The van der Waals surface area contributed by atoms with E-state index in [0.29, 0.717) is 40.4 Å². The van der Waals surface area contributed by atoms with Gasteiger partial charge in [-0.3, -0.25) is 4.79 Å². The highest BCUT2D eigenvalue weighted by atomic mass is 16.5. The lowest BCUT2D eigenvalue weighted by Crippen LogP contribution is -2.22. The second kappa shape index (κ2) is 6.90. The topological polar surface area (TPSA) is 75.0 Å². The molecule has 0 spiro atoms. The van der Waals surface area contributed by atoms with Crippen molar-refractivity contribution in [1.29, 1.82) is 0 Å². The molecular formula is C24H22O6. The molecule has 30 heavy (non-hydrogen) atoms. The summed E-state index contributed by atoms with van der Waals surface area (Å²) < 4.78 is 22.8. The predicted molar refractivity (Wildman–Crippen MR) is 111 cm³/mol. The molecule has 0 unspecified atom stereocenters. The first-order valence-corrected chi connectivity index (χ1v) is 10.0. The molecule has 1 aromatic heterocycles. The maximum Gasteiger partial charge on any atom is 0.339 e. The SMILES string of the molecule is COc1cc(OC)cc([C@H]2CC(=O)c3c(C)cc4oc(=O)c5c(c4c3O2)CCC5)c1. The number of carbonyl (C=O) groups excluding carboxylic acids is 1. The van der Waals surface area contributed by atoms with E-state index in [4.69, 9.17) is 18.6 Å². The molecular weight excluding hydrogens is 384 g/mol. The Labute approximate surface area is 173 Å². The number of Topliss-reactive ketones (excluding diaryl/α,β-unsaturated/α-hetero) is 1. The average molecular weight is 406 g/mol. The van der Waals surface area contributed by atoms with Crippen LogP contribution in [0.15, 0.2) is 33.5 Å². The summed E-state index contributed by atoms with van der Waals surface area (Å²) in [5, 5.41) is 0.760. The zero-order valence-corrected chi connectivity index (χ0v) is 17.2. The number of hydrogen-bond acceptors (Lipinski definition) is 6. The summed E-state index contributed by atoms with van der Waals surface area (Å²) in [5.41, 5.74) is 3.99. The third kappa shape index (κ3) is 2.78. The summed E-state index contributed by atoms with van der Waals surface area (Å²) in [6.45, 7) is 1.85. The number of aryl methyl sites for hydroxylation is 2. The lowest BCUT2D eigenvalue weighted by atomic mass is 9.90. The molecule has 154 valence electrons. The fraction of sp³-hybridized carbons (Fsp3) is 0.333. The van der Waals surface area contributed by atoms with E-state index in [1.165, 1.54) is 0 Å². The zero-order chi connectivity index (χ0) is 21.0. The van der Waals surface area contributed by atoms with Crippen molar-refractivity contribution in [2.75, 3.05) is 14.2 Å². The molecule has 0 radical (unpaired) electrons. The van der Waals surface area contributed by atoms with Crippen LogP contribution in [-0.2, 0) is 12.8 Å². The lowest BCUT2D eigenvalue weighted by Gasteiger charge is -2.28. The van der Waals surface area contributed by atoms with Gasteiger partial charge in [0.2, 0.25) is 0 Å². The predicted octanol–water partition coefficient (Wildman–Crippen LogP) is 4.31. The van der Waals surface area contributed by atoms with Gasteiger partial charge in [-0.15, -0.1) is 0 Å². The maximum atomic E-state index is 13.2. The van der Waals surface area contributed by atoms with E-state index >= 15 is 0 Å². The molecule has 6 nitrogen and oxygen atoms in total. The van der Waals surface area contributed by atoms with E-state index in [9.17, 15) is 9.59 Å². The highest BCUT2D eigenvalue weighted by Gasteiger charge is 2.34. The first-order chi connectivity index (χ1) is 14.5. The van der Waals surface area contributed by atoms with Crippen LogP contribution < -0.4 is 19.8 Å². The van der Waals surface area contributed by atoms with Crippen molar-refractivity contribution in [3.05, 3.63) is 62.5 Å². The van der Waals surface area contributed by atoms with Gasteiger partial charge >= 0.3 is 5.63 Å². The third-order valence-electron chi connectivity index (χ3n) is 6.07. The van der Waals surface area contributed by atoms with Crippen LogP contribution in [0.4, 0.5) is 0 Å². The minimum absolute atomic E-state index is 0.0142. The summed E-state index contributed by atoms with van der Waals surface area (Å²) in [5.74, 6) is 1.80. The molecule has 0 N–H and O–H groups in total. The van der Waals surface area contributed by atoms with Gasteiger partial charge in [0.25, 0.3) is 0 Å². The molecule has 1 aliphatic heterocycles. The normalized spacial score (nSPS) is 17.4. The van der Waals surface area contributed by atoms with Gasteiger partial charge in [-0.1, -0.05) is 0 Å². The molecule has 0 saturated heterocycles. The number of fused-ring (bicyclic) bond motifs is 5. The summed E-state index contributed by atoms with van der Waals surface area (Å²) >= 11 is 0. The van der Waals surface area contributed by atoms with Crippen LogP contribution in [0.2, 0.25) is 0 Å². The Morgan fingerprint density at radius 3 is 2.37 bits per heavy atom. The van der Waals surface area contributed by atoms with Gasteiger partial charge in [-0.2, -0.15) is 0 Å². The fourth-order valence-corrected chi connectivity index (χ4v) is 4.65. The summed E-state index contributed by atoms with van der Waals surface area (Å²) in [6.07, 6.45) is 2.10. The Morgan fingerprint density at radius 2 is 1.67 bits per heavy atom. The molecule has 2 aromatic carbocycles. The Kier molecular flexibility index (Phi) is 4.31. The van der Waals surface area contributed by atoms with E-state index < -0.39 is 6.10 Å². The van der Waals surface area contributed by atoms with E-state index in [1.54, 1.807) is 26.4 Å². The molecule has 2 aliphatic rings. The van der Waals surface area contributed by atoms with Crippen molar-refractivity contribution >= 4 is 16.8 Å². The van der Waals surface area contributed by atoms with Crippen molar-refractivity contribution in [3.63, 3.8) is 0 Å². The van der Waals surface area contributed by atoms with Crippen LogP contribution in [0.5, 0.6) is 17.2 Å². The molecule has 0 bridgehead atoms. The zero-order valence-electron chi connectivity index (χ0n) is 17.2. The van der Waals surface area contributed by atoms with Crippen LogP contribution in [0.25, 0.3) is 11.0 Å². The summed E-state index contributed by atoms with van der Waals surface area (Å²) in [4.78, 5) is 25.6. The standard InChI is InChI=1S/C24H22O6/c1-12-7-20-22(16-5-4-6-17(16)24(26)30-20)23-21(12)18(25)11-19(29-23)13-8-14(27-2)10-15(9-13)28-3/h7-10,19H,4-6,11H2,1-3H3/t19-/m1/s1. The van der Waals surface area contributed by atoms with Crippen molar-refractivity contribution < 1.29 is 23.4 Å². The largest absolute Gasteiger partial charge is 0.497 e. The maximum absolute atomic E-state index is 13.2. The van der Waals surface area contributed by atoms with Gasteiger partial charge in [-0.25, -0.2) is 4.79 Å². The highest BCUT2D eigenvalue weighted by molar-refractivity contribution is 6.07. The van der Waals surface area contributed by atoms with Crippen molar-refractivity contribution in [1.82, 2.24) is 0 Å². The Bertz CT molecular complexity index is 1230. The quantitative estimate of drug-likeness (QED) is 0.603. The Balaban J connectivity index is 1.72. The van der Waals surface area contributed by atoms with Crippen LogP contribution in [-0.4, -0.2) is 20.0 Å². The van der Waals surface area contributed by atoms with E-state index in [-0.39, 0.29) is 17.8 Å². The van der Waals surface area contributed by atoms with Gasteiger partial charge in [0.1, 0.15) is 28.9 Å². The number of ether oxygens (including phenoxy) is 3. The average Bonchev–Trinajstić information content (AvgIpc) is 3.23. The minimum Gasteiger partial charge on any atom is -0.497 e. The number of hydrogen-bond donors (Lipinski definition) is 0. The summed E-state index contributed by atoms with van der Waals surface area (Å²) in [6, 6.07) is 7.27.